The van der Waals surface area contributed by atoms with E-state index in [-0.39, 0.29) is 19.4 Å². The Kier molecular flexibility index (Phi) is 49.2. The lowest BCUT2D eigenvalue weighted by atomic mass is 10.0. The summed E-state index contributed by atoms with van der Waals surface area (Å²) in [6, 6.07) is 0. The highest BCUT2D eigenvalue weighted by atomic mass is 31.2. The molecule has 0 amide bonds. The Morgan fingerprint density at radius 2 is 0.683 bits per heavy atom. The summed E-state index contributed by atoms with van der Waals surface area (Å²) in [6.07, 6.45) is 59.7. The van der Waals surface area contributed by atoms with Crippen molar-refractivity contribution in [3.63, 3.8) is 0 Å². The molecule has 0 saturated heterocycles. The van der Waals surface area contributed by atoms with Gasteiger partial charge in [-0.3, -0.25) is 14.1 Å². The molecule has 0 bridgehead atoms. The van der Waals surface area contributed by atoms with Crippen LogP contribution in [-0.2, 0) is 28.2 Å². The second-order valence-electron chi connectivity index (χ2n) is 18.9. The summed E-state index contributed by atoms with van der Waals surface area (Å²) in [7, 11) is -4.76. The van der Waals surface area contributed by atoms with E-state index in [2.05, 4.69) is 30.5 Å². The Labute approximate surface area is 390 Å². The molecule has 0 aliphatic rings. The van der Waals surface area contributed by atoms with E-state index >= 15 is 0 Å². The average molecular weight is 913 g/mol. The van der Waals surface area contributed by atoms with Gasteiger partial charge in [-0.25, -0.2) is 4.57 Å². The summed E-state index contributed by atoms with van der Waals surface area (Å²) in [5, 5.41) is 0. The lowest BCUT2D eigenvalue weighted by Gasteiger charge is -2.18. The van der Waals surface area contributed by atoms with Gasteiger partial charge in [-0.15, -0.1) is 0 Å². The first-order valence-electron chi connectivity index (χ1n) is 27.5. The SMILES string of the molecule is CCCCCCCCCCCCCCCCCCCC/C=C/CCCC(=O)OC[C@H](COP(=O)(O)O)OC(=O)CCCCCCCCCCCCCCCCCCCCCCCC. The maximum Gasteiger partial charge on any atom is 0.469 e. The van der Waals surface area contributed by atoms with Crippen LogP contribution in [0, 0.1) is 0 Å². The lowest BCUT2D eigenvalue weighted by molar-refractivity contribution is -0.161. The van der Waals surface area contributed by atoms with Crippen LogP contribution < -0.4 is 0 Å². The average Bonchev–Trinajstić information content (AvgIpc) is 3.26. The van der Waals surface area contributed by atoms with Gasteiger partial charge < -0.3 is 19.3 Å². The number of hydrogen-bond acceptors (Lipinski definition) is 6. The topological polar surface area (TPSA) is 119 Å². The molecule has 374 valence electrons. The fourth-order valence-electron chi connectivity index (χ4n) is 8.44. The number of unbranched alkanes of at least 4 members (excludes halogenated alkanes) is 40. The van der Waals surface area contributed by atoms with Crippen molar-refractivity contribution in [2.45, 2.75) is 309 Å². The quantitative estimate of drug-likeness (QED) is 0.0268. The molecule has 0 fully saturated rings. The van der Waals surface area contributed by atoms with Gasteiger partial charge >= 0.3 is 19.8 Å². The normalized spacial score (nSPS) is 12.4. The first-order chi connectivity index (χ1) is 30.8. The van der Waals surface area contributed by atoms with Gasteiger partial charge in [-0.1, -0.05) is 270 Å². The fourth-order valence-corrected chi connectivity index (χ4v) is 8.80. The predicted octanol–water partition coefficient (Wildman–Crippen LogP) is 17.7. The Bertz CT molecular complexity index is 1030. The van der Waals surface area contributed by atoms with E-state index in [0.29, 0.717) is 12.8 Å². The zero-order valence-electron chi connectivity index (χ0n) is 41.8. The highest BCUT2D eigenvalue weighted by Gasteiger charge is 2.23. The van der Waals surface area contributed by atoms with Crippen molar-refractivity contribution in [2.24, 2.45) is 0 Å². The molecule has 8 nitrogen and oxygen atoms in total. The summed E-state index contributed by atoms with van der Waals surface area (Å²) in [5.74, 6) is -0.901. The lowest BCUT2D eigenvalue weighted by Crippen LogP contribution is -2.29. The minimum atomic E-state index is -4.76. The minimum Gasteiger partial charge on any atom is -0.462 e. The Balaban J connectivity index is 3.76. The molecule has 0 saturated carbocycles. The highest BCUT2D eigenvalue weighted by molar-refractivity contribution is 7.46. The number of hydrogen-bond donors (Lipinski definition) is 2. The molecule has 63 heavy (non-hydrogen) atoms. The zero-order chi connectivity index (χ0) is 46.0. The summed E-state index contributed by atoms with van der Waals surface area (Å²) < 4.78 is 26.6. The molecule has 9 heteroatoms. The summed E-state index contributed by atoms with van der Waals surface area (Å²) in [5.41, 5.74) is 0. The van der Waals surface area contributed by atoms with E-state index in [0.717, 1.165) is 32.1 Å². The minimum absolute atomic E-state index is 0.214. The molecule has 0 aromatic heterocycles. The van der Waals surface area contributed by atoms with Gasteiger partial charge in [0.25, 0.3) is 0 Å². The molecule has 2 N–H and O–H groups in total. The number of phosphoric ester groups is 1. The van der Waals surface area contributed by atoms with Crippen molar-refractivity contribution in [2.75, 3.05) is 13.2 Å². The van der Waals surface area contributed by atoms with Gasteiger partial charge in [0.2, 0.25) is 0 Å². The van der Waals surface area contributed by atoms with E-state index < -0.39 is 32.5 Å². The largest absolute Gasteiger partial charge is 0.469 e. The number of carbonyl (C=O) groups excluding carboxylic acids is 2. The summed E-state index contributed by atoms with van der Waals surface area (Å²) in [6.45, 7) is 3.73. The van der Waals surface area contributed by atoms with Crippen LogP contribution in [-0.4, -0.2) is 41.0 Å². The van der Waals surface area contributed by atoms with Crippen LogP contribution in [0.5, 0.6) is 0 Å². The van der Waals surface area contributed by atoms with Crippen LogP contribution in [0.25, 0.3) is 0 Å². The second kappa shape index (κ2) is 50.2. The number of phosphoric acid groups is 1. The van der Waals surface area contributed by atoms with Crippen molar-refractivity contribution in [1.29, 1.82) is 0 Å². The Hall–Kier alpha value is -1.21. The molecular weight excluding hydrogens is 808 g/mol. The molecule has 0 aliphatic carbocycles. The first kappa shape index (κ1) is 61.8. The molecule has 0 aromatic rings. The third kappa shape index (κ3) is 53.3. The third-order valence-corrected chi connectivity index (χ3v) is 13.0. The highest BCUT2D eigenvalue weighted by Crippen LogP contribution is 2.36. The monoisotopic (exact) mass is 913 g/mol. The maximum atomic E-state index is 12.5. The fraction of sp³-hybridized carbons (Fsp3) is 0.926. The molecule has 0 heterocycles. The van der Waals surface area contributed by atoms with Crippen molar-refractivity contribution in [3.8, 4) is 0 Å². The van der Waals surface area contributed by atoms with Gasteiger partial charge in [-0.05, 0) is 32.1 Å². The number of esters is 2. The smallest absolute Gasteiger partial charge is 0.462 e. The van der Waals surface area contributed by atoms with Crippen LogP contribution in [0.2, 0.25) is 0 Å². The molecule has 0 aliphatic heterocycles. The maximum absolute atomic E-state index is 12.5. The molecular formula is C54H105O8P. The van der Waals surface area contributed by atoms with Gasteiger partial charge in [0.05, 0.1) is 6.61 Å². The molecule has 0 unspecified atom stereocenters. The van der Waals surface area contributed by atoms with E-state index in [1.165, 1.54) is 231 Å². The van der Waals surface area contributed by atoms with E-state index in [4.69, 9.17) is 19.3 Å². The van der Waals surface area contributed by atoms with Crippen LogP contribution in [0.1, 0.15) is 303 Å². The van der Waals surface area contributed by atoms with E-state index in [1.807, 2.05) is 0 Å². The molecule has 1 atom stereocenters. The van der Waals surface area contributed by atoms with Crippen molar-refractivity contribution < 1.29 is 37.9 Å². The number of carbonyl (C=O) groups is 2. The number of allylic oxidation sites excluding steroid dienone is 2. The zero-order valence-corrected chi connectivity index (χ0v) is 42.7. The Morgan fingerprint density at radius 1 is 0.397 bits per heavy atom. The standard InChI is InChI=1S/C54H105O8P/c1-3-5-7-9-11-13-15-17-19-21-23-25-27-29-30-32-34-36-38-40-42-44-46-48-53(55)60-50-52(51-61-63(57,58)59)62-54(56)49-47-45-43-41-39-37-35-33-31-28-26-24-22-20-18-16-14-12-10-8-6-4-2/h40,42,52H,3-39,41,43-51H2,1-2H3,(H2,57,58,59)/b42-40+/t52-/m1/s1. The van der Waals surface area contributed by atoms with Gasteiger partial charge in [0.15, 0.2) is 6.10 Å². The molecule has 0 spiro atoms. The van der Waals surface area contributed by atoms with E-state index in [1.54, 1.807) is 0 Å². The second-order valence-corrected chi connectivity index (χ2v) is 20.2. The van der Waals surface area contributed by atoms with Crippen LogP contribution >= 0.6 is 7.82 Å². The first-order valence-corrected chi connectivity index (χ1v) is 29.0. The molecule has 0 radical (unpaired) electrons. The third-order valence-electron chi connectivity index (χ3n) is 12.5. The summed E-state index contributed by atoms with van der Waals surface area (Å²) in [4.78, 5) is 43.1. The van der Waals surface area contributed by atoms with Gasteiger partial charge in [-0.2, -0.15) is 0 Å². The van der Waals surface area contributed by atoms with Crippen molar-refractivity contribution in [1.82, 2.24) is 0 Å². The number of rotatable bonds is 52. The molecule has 0 rings (SSSR count). The van der Waals surface area contributed by atoms with Gasteiger partial charge in [0.1, 0.15) is 6.61 Å². The van der Waals surface area contributed by atoms with Gasteiger partial charge in [0, 0.05) is 12.8 Å². The van der Waals surface area contributed by atoms with Crippen molar-refractivity contribution >= 4 is 19.8 Å². The van der Waals surface area contributed by atoms with Crippen LogP contribution in [0.4, 0.5) is 0 Å². The predicted molar refractivity (Wildman–Crippen MR) is 267 cm³/mol. The Morgan fingerprint density at radius 3 is 1.02 bits per heavy atom. The molecule has 0 aromatic carbocycles. The van der Waals surface area contributed by atoms with E-state index in [9.17, 15) is 14.2 Å². The number of ether oxygens (including phenoxy) is 2. The van der Waals surface area contributed by atoms with Crippen LogP contribution in [0.15, 0.2) is 12.2 Å². The van der Waals surface area contributed by atoms with Crippen LogP contribution in [0.3, 0.4) is 0 Å². The van der Waals surface area contributed by atoms with Crippen molar-refractivity contribution in [3.05, 3.63) is 12.2 Å². The summed E-state index contributed by atoms with van der Waals surface area (Å²) >= 11 is 0.